The summed E-state index contributed by atoms with van der Waals surface area (Å²) in [5.41, 5.74) is 3.30. The SMILES string of the molecule is CN1CC=C(c2cn(S(=O)(=O)c3cccc4cccnc34)c3ccccc23)C1. The van der Waals surface area contributed by atoms with Crippen LogP contribution in [0, 0.1) is 0 Å². The number of likely N-dealkylation sites (N-methyl/N-ethyl adjacent to an activating group) is 1. The van der Waals surface area contributed by atoms with Crippen LogP contribution in [-0.4, -0.2) is 42.4 Å². The molecule has 0 saturated carbocycles. The van der Waals surface area contributed by atoms with E-state index in [4.69, 9.17) is 0 Å². The van der Waals surface area contributed by atoms with Crippen molar-refractivity contribution in [3.05, 3.63) is 78.6 Å². The second-order valence-electron chi connectivity index (χ2n) is 7.12. The summed E-state index contributed by atoms with van der Waals surface area (Å²) in [5, 5.41) is 1.75. The zero-order chi connectivity index (χ0) is 19.3. The topological polar surface area (TPSA) is 55.2 Å². The minimum absolute atomic E-state index is 0.218. The molecule has 3 heterocycles. The van der Waals surface area contributed by atoms with E-state index < -0.39 is 10.0 Å². The van der Waals surface area contributed by atoms with E-state index in [0.717, 1.165) is 35.0 Å². The maximum Gasteiger partial charge on any atom is 0.270 e. The van der Waals surface area contributed by atoms with Gasteiger partial charge in [-0.3, -0.25) is 9.88 Å². The summed E-state index contributed by atoms with van der Waals surface area (Å²) in [6.45, 7) is 1.68. The molecule has 0 atom stereocenters. The van der Waals surface area contributed by atoms with Crippen molar-refractivity contribution < 1.29 is 8.42 Å². The lowest BCUT2D eigenvalue weighted by atomic mass is 10.1. The first-order chi connectivity index (χ1) is 13.6. The number of hydrogen-bond donors (Lipinski definition) is 0. The molecule has 0 fully saturated rings. The van der Waals surface area contributed by atoms with E-state index in [1.165, 1.54) is 3.97 Å². The van der Waals surface area contributed by atoms with Gasteiger partial charge in [0.1, 0.15) is 4.90 Å². The summed E-state index contributed by atoms with van der Waals surface area (Å²) in [6.07, 6.45) is 5.55. The van der Waals surface area contributed by atoms with Crippen molar-refractivity contribution in [2.45, 2.75) is 4.90 Å². The van der Waals surface area contributed by atoms with Crippen LogP contribution in [0.2, 0.25) is 0 Å². The molecular weight excluding hydrogens is 370 g/mol. The molecule has 2 aromatic heterocycles. The smallest absolute Gasteiger partial charge is 0.270 e. The summed E-state index contributed by atoms with van der Waals surface area (Å²) >= 11 is 0. The van der Waals surface area contributed by atoms with Crippen LogP contribution in [0.3, 0.4) is 0 Å². The first-order valence-corrected chi connectivity index (χ1v) is 10.6. The van der Waals surface area contributed by atoms with Crippen LogP contribution in [0.5, 0.6) is 0 Å². The molecule has 2 aromatic carbocycles. The minimum Gasteiger partial charge on any atom is -0.298 e. The zero-order valence-corrected chi connectivity index (χ0v) is 16.2. The fourth-order valence-electron chi connectivity index (χ4n) is 3.88. The molecule has 0 bridgehead atoms. The number of benzene rings is 2. The maximum atomic E-state index is 13.6. The van der Waals surface area contributed by atoms with Crippen molar-refractivity contribution in [3.63, 3.8) is 0 Å². The molecule has 28 heavy (non-hydrogen) atoms. The lowest BCUT2D eigenvalue weighted by Crippen LogP contribution is -2.14. The Morgan fingerprint density at radius 1 is 1.00 bits per heavy atom. The van der Waals surface area contributed by atoms with Gasteiger partial charge in [-0.15, -0.1) is 0 Å². The van der Waals surface area contributed by atoms with Crippen molar-refractivity contribution in [1.82, 2.24) is 13.9 Å². The number of pyridine rings is 1. The number of rotatable bonds is 3. The van der Waals surface area contributed by atoms with Crippen molar-refractivity contribution >= 4 is 37.4 Å². The number of nitrogens with zero attached hydrogens (tertiary/aromatic N) is 3. The van der Waals surface area contributed by atoms with E-state index in [1.54, 1.807) is 24.5 Å². The number of aromatic nitrogens is 2. The van der Waals surface area contributed by atoms with Gasteiger partial charge in [-0.1, -0.05) is 42.5 Å². The monoisotopic (exact) mass is 389 g/mol. The van der Waals surface area contributed by atoms with Crippen LogP contribution in [0.1, 0.15) is 5.56 Å². The summed E-state index contributed by atoms with van der Waals surface area (Å²) in [6, 6.07) is 16.6. The third-order valence-electron chi connectivity index (χ3n) is 5.25. The predicted molar refractivity (Wildman–Crippen MR) is 112 cm³/mol. The van der Waals surface area contributed by atoms with Crippen LogP contribution in [-0.2, 0) is 10.0 Å². The Balaban J connectivity index is 1.77. The fourth-order valence-corrected chi connectivity index (χ4v) is 5.42. The number of fused-ring (bicyclic) bond motifs is 2. The van der Waals surface area contributed by atoms with Crippen molar-refractivity contribution in [2.24, 2.45) is 0 Å². The van der Waals surface area contributed by atoms with E-state index >= 15 is 0 Å². The summed E-state index contributed by atoms with van der Waals surface area (Å²) in [5.74, 6) is 0. The minimum atomic E-state index is -3.80. The summed E-state index contributed by atoms with van der Waals surface area (Å²) < 4.78 is 28.7. The fraction of sp³-hybridized carbons (Fsp3) is 0.136. The molecule has 6 heteroatoms. The van der Waals surface area contributed by atoms with E-state index in [9.17, 15) is 8.42 Å². The highest BCUT2D eigenvalue weighted by Crippen LogP contribution is 2.33. The Kier molecular flexibility index (Phi) is 3.86. The van der Waals surface area contributed by atoms with Gasteiger partial charge in [0.15, 0.2) is 0 Å². The van der Waals surface area contributed by atoms with Crippen molar-refractivity contribution in [3.8, 4) is 0 Å². The number of hydrogen-bond acceptors (Lipinski definition) is 4. The van der Waals surface area contributed by atoms with Gasteiger partial charge < -0.3 is 0 Å². The Morgan fingerprint density at radius 3 is 2.64 bits per heavy atom. The molecule has 1 aliphatic rings. The van der Waals surface area contributed by atoms with Gasteiger partial charge in [0, 0.05) is 41.8 Å². The van der Waals surface area contributed by atoms with Gasteiger partial charge >= 0.3 is 0 Å². The highest BCUT2D eigenvalue weighted by atomic mass is 32.2. The van der Waals surface area contributed by atoms with Gasteiger partial charge in [0.05, 0.1) is 11.0 Å². The number of para-hydroxylation sites is 2. The van der Waals surface area contributed by atoms with Gasteiger partial charge in [0.25, 0.3) is 10.0 Å². The van der Waals surface area contributed by atoms with Gasteiger partial charge in [-0.2, -0.15) is 0 Å². The molecule has 4 aromatic rings. The second kappa shape index (κ2) is 6.29. The van der Waals surface area contributed by atoms with Crippen LogP contribution >= 0.6 is 0 Å². The van der Waals surface area contributed by atoms with E-state index in [1.807, 2.05) is 42.5 Å². The Hall–Kier alpha value is -2.96. The molecular formula is C22H19N3O2S. The third kappa shape index (κ3) is 2.57. The largest absolute Gasteiger partial charge is 0.298 e. The van der Waals surface area contributed by atoms with Gasteiger partial charge in [0.2, 0.25) is 0 Å². The first-order valence-electron chi connectivity index (χ1n) is 9.13. The molecule has 0 amide bonds. The molecule has 1 aliphatic heterocycles. The lowest BCUT2D eigenvalue weighted by molar-refractivity contribution is 0.439. The van der Waals surface area contributed by atoms with Crippen LogP contribution in [0.4, 0.5) is 0 Å². The van der Waals surface area contributed by atoms with Crippen molar-refractivity contribution in [1.29, 1.82) is 0 Å². The van der Waals surface area contributed by atoms with Gasteiger partial charge in [-0.05, 0) is 30.8 Å². The molecule has 0 spiro atoms. The molecule has 140 valence electrons. The molecule has 0 unspecified atom stereocenters. The van der Waals surface area contributed by atoms with E-state index in [2.05, 4.69) is 23.0 Å². The standard InChI is InChI=1S/C22H19N3O2S/c1-24-13-11-17(14-24)19-15-25(20-9-3-2-8-18(19)20)28(26,27)21-10-4-6-16-7-5-12-23-22(16)21/h2-12,15H,13-14H2,1H3. The van der Waals surface area contributed by atoms with E-state index in [0.29, 0.717) is 11.0 Å². The highest BCUT2D eigenvalue weighted by molar-refractivity contribution is 7.90. The van der Waals surface area contributed by atoms with Crippen LogP contribution in [0.15, 0.2) is 78.0 Å². The quantitative estimate of drug-likeness (QED) is 0.535. The first kappa shape index (κ1) is 17.2. The van der Waals surface area contributed by atoms with Crippen LogP contribution < -0.4 is 0 Å². The Labute approximate surface area is 163 Å². The maximum absolute atomic E-state index is 13.6. The highest BCUT2D eigenvalue weighted by Gasteiger charge is 2.25. The normalized spacial score (nSPS) is 15.4. The van der Waals surface area contributed by atoms with E-state index in [-0.39, 0.29) is 4.90 Å². The molecule has 0 radical (unpaired) electrons. The third-order valence-corrected chi connectivity index (χ3v) is 6.95. The lowest BCUT2D eigenvalue weighted by Gasteiger charge is -2.09. The zero-order valence-electron chi connectivity index (χ0n) is 15.4. The Morgan fingerprint density at radius 2 is 1.82 bits per heavy atom. The molecule has 5 rings (SSSR count). The molecule has 0 N–H and O–H groups in total. The van der Waals surface area contributed by atoms with Crippen molar-refractivity contribution in [2.75, 3.05) is 20.1 Å². The summed E-state index contributed by atoms with van der Waals surface area (Å²) in [4.78, 5) is 6.75. The Bertz CT molecular complexity index is 1350. The average molecular weight is 389 g/mol. The predicted octanol–water partition coefficient (Wildman–Crippen LogP) is 3.76. The summed E-state index contributed by atoms with van der Waals surface area (Å²) in [7, 11) is -1.74. The molecule has 0 saturated heterocycles. The van der Waals surface area contributed by atoms with Gasteiger partial charge in [-0.25, -0.2) is 12.4 Å². The molecule has 5 nitrogen and oxygen atoms in total. The second-order valence-corrected chi connectivity index (χ2v) is 8.90. The average Bonchev–Trinajstić information content (AvgIpc) is 3.31. The molecule has 0 aliphatic carbocycles. The van der Waals surface area contributed by atoms with Crippen LogP contribution in [0.25, 0.3) is 27.4 Å².